The number of rotatable bonds is 2. The van der Waals surface area contributed by atoms with Crippen LogP contribution in [0.25, 0.3) is 0 Å². The first-order chi connectivity index (χ1) is 6.43. The summed E-state index contributed by atoms with van der Waals surface area (Å²) in [6.07, 6.45) is 0. The van der Waals surface area contributed by atoms with Gasteiger partial charge in [-0.1, -0.05) is 13.8 Å². The monoisotopic (exact) mass is 199 g/mol. The van der Waals surface area contributed by atoms with E-state index in [9.17, 15) is 8.78 Å². The van der Waals surface area contributed by atoms with E-state index < -0.39 is 11.6 Å². The Morgan fingerprint density at radius 1 is 1.07 bits per heavy atom. The van der Waals surface area contributed by atoms with Crippen LogP contribution in [0, 0.1) is 11.6 Å². The van der Waals surface area contributed by atoms with Gasteiger partial charge in [-0.15, -0.1) is 0 Å². The lowest BCUT2D eigenvalue weighted by molar-refractivity contribution is 0.542. The van der Waals surface area contributed by atoms with E-state index in [-0.39, 0.29) is 11.5 Å². The van der Waals surface area contributed by atoms with Crippen LogP contribution in [0.2, 0.25) is 0 Å². The molecule has 3 heteroatoms. The maximum Gasteiger partial charge on any atom is 0.131 e. The van der Waals surface area contributed by atoms with Crippen molar-refractivity contribution in [2.24, 2.45) is 0 Å². The molecule has 0 aliphatic rings. The molecule has 0 heterocycles. The molecule has 0 N–H and O–H groups in total. The second-order valence-corrected chi connectivity index (χ2v) is 3.87. The number of halogens is 2. The molecular weight excluding hydrogens is 184 g/mol. The van der Waals surface area contributed by atoms with Gasteiger partial charge in [0.1, 0.15) is 11.6 Å². The quantitative estimate of drug-likeness (QED) is 0.707. The van der Waals surface area contributed by atoms with E-state index in [1.54, 1.807) is 32.8 Å². The lowest BCUT2D eigenvalue weighted by Crippen LogP contribution is -2.10. The van der Waals surface area contributed by atoms with Gasteiger partial charge in [0.15, 0.2) is 0 Å². The average Bonchev–Trinajstić information content (AvgIpc) is 2.01. The first kappa shape index (κ1) is 11.0. The minimum atomic E-state index is -0.469. The van der Waals surface area contributed by atoms with Gasteiger partial charge in [0, 0.05) is 25.3 Å². The summed E-state index contributed by atoms with van der Waals surface area (Å²) in [4.78, 5) is 1.68. The minimum Gasteiger partial charge on any atom is -0.377 e. The Bertz CT molecular complexity index is 309. The highest BCUT2D eigenvalue weighted by Gasteiger charge is 2.14. The third-order valence-corrected chi connectivity index (χ3v) is 2.16. The molecule has 0 atom stereocenters. The summed E-state index contributed by atoms with van der Waals surface area (Å²) in [5, 5.41) is 0. The first-order valence-corrected chi connectivity index (χ1v) is 4.59. The normalized spacial score (nSPS) is 10.8. The van der Waals surface area contributed by atoms with E-state index in [1.165, 1.54) is 12.1 Å². The fourth-order valence-corrected chi connectivity index (χ4v) is 1.38. The predicted molar refractivity (Wildman–Crippen MR) is 54.8 cm³/mol. The van der Waals surface area contributed by atoms with Crippen LogP contribution in [-0.4, -0.2) is 14.1 Å². The first-order valence-electron chi connectivity index (χ1n) is 4.59. The smallest absolute Gasteiger partial charge is 0.131 e. The molecule has 0 amide bonds. The standard InChI is InChI=1S/C11H15F2N/c1-7(2)11-9(12)5-8(14(3)4)6-10(11)13/h5-7H,1-4H3. The summed E-state index contributed by atoms with van der Waals surface area (Å²) in [5.41, 5.74) is 0.708. The Morgan fingerprint density at radius 3 is 1.79 bits per heavy atom. The second kappa shape index (κ2) is 3.95. The van der Waals surface area contributed by atoms with Crippen molar-refractivity contribution in [2.75, 3.05) is 19.0 Å². The maximum absolute atomic E-state index is 13.5. The molecule has 0 unspecified atom stereocenters. The van der Waals surface area contributed by atoms with E-state index in [4.69, 9.17) is 0 Å². The van der Waals surface area contributed by atoms with Gasteiger partial charge in [-0.3, -0.25) is 0 Å². The lowest BCUT2D eigenvalue weighted by atomic mass is 10.0. The molecule has 0 aromatic heterocycles. The Balaban J connectivity index is 3.25. The van der Waals surface area contributed by atoms with Gasteiger partial charge in [0.25, 0.3) is 0 Å². The summed E-state index contributed by atoms with van der Waals surface area (Å²) in [6, 6.07) is 2.72. The van der Waals surface area contributed by atoms with Gasteiger partial charge in [-0.05, 0) is 18.1 Å². The Labute approximate surface area is 83.3 Å². The van der Waals surface area contributed by atoms with Crippen molar-refractivity contribution in [1.82, 2.24) is 0 Å². The molecule has 0 saturated heterocycles. The number of hydrogen-bond donors (Lipinski definition) is 0. The van der Waals surface area contributed by atoms with Crippen LogP contribution >= 0.6 is 0 Å². The van der Waals surface area contributed by atoms with Crippen LogP contribution in [0.4, 0.5) is 14.5 Å². The minimum absolute atomic E-state index is 0.133. The number of nitrogens with zero attached hydrogens (tertiary/aromatic N) is 1. The molecule has 0 aliphatic heterocycles. The summed E-state index contributed by atoms with van der Waals surface area (Å²) in [7, 11) is 3.51. The van der Waals surface area contributed by atoms with Gasteiger partial charge in [0.2, 0.25) is 0 Å². The van der Waals surface area contributed by atoms with Gasteiger partial charge < -0.3 is 4.90 Å². The highest BCUT2D eigenvalue weighted by Crippen LogP contribution is 2.26. The summed E-state index contributed by atoms with van der Waals surface area (Å²) < 4.78 is 26.9. The van der Waals surface area contributed by atoms with Crippen molar-refractivity contribution in [2.45, 2.75) is 19.8 Å². The second-order valence-electron chi connectivity index (χ2n) is 3.87. The van der Waals surface area contributed by atoms with Crippen LogP contribution < -0.4 is 4.90 Å². The molecule has 0 bridgehead atoms. The van der Waals surface area contributed by atoms with E-state index >= 15 is 0 Å². The zero-order valence-electron chi connectivity index (χ0n) is 8.94. The molecule has 0 spiro atoms. The topological polar surface area (TPSA) is 3.24 Å². The summed E-state index contributed by atoms with van der Waals surface area (Å²) >= 11 is 0. The van der Waals surface area contributed by atoms with Gasteiger partial charge >= 0.3 is 0 Å². The molecule has 0 radical (unpaired) electrons. The molecule has 1 nitrogen and oxygen atoms in total. The fraction of sp³-hybridized carbons (Fsp3) is 0.455. The molecule has 14 heavy (non-hydrogen) atoms. The van der Waals surface area contributed by atoms with Crippen LogP contribution in [0.15, 0.2) is 12.1 Å². The highest BCUT2D eigenvalue weighted by atomic mass is 19.1. The number of hydrogen-bond acceptors (Lipinski definition) is 1. The van der Waals surface area contributed by atoms with Crippen LogP contribution in [-0.2, 0) is 0 Å². The lowest BCUT2D eigenvalue weighted by Gasteiger charge is -2.15. The van der Waals surface area contributed by atoms with Crippen molar-refractivity contribution in [3.63, 3.8) is 0 Å². The van der Waals surface area contributed by atoms with Gasteiger partial charge in [0.05, 0.1) is 0 Å². The molecule has 1 aromatic carbocycles. The molecule has 0 fully saturated rings. The van der Waals surface area contributed by atoms with Crippen molar-refractivity contribution in [3.05, 3.63) is 29.3 Å². The molecule has 0 saturated carbocycles. The largest absolute Gasteiger partial charge is 0.377 e. The summed E-state index contributed by atoms with van der Waals surface area (Å²) in [5.74, 6) is -1.07. The third-order valence-electron chi connectivity index (χ3n) is 2.16. The van der Waals surface area contributed by atoms with Crippen molar-refractivity contribution in [3.8, 4) is 0 Å². The molecule has 1 aromatic rings. The van der Waals surface area contributed by atoms with E-state index in [1.807, 2.05) is 0 Å². The van der Waals surface area contributed by atoms with Crippen molar-refractivity contribution >= 4 is 5.69 Å². The Kier molecular flexibility index (Phi) is 3.09. The molecule has 1 rings (SSSR count). The highest BCUT2D eigenvalue weighted by molar-refractivity contribution is 5.48. The fourth-order valence-electron chi connectivity index (χ4n) is 1.38. The predicted octanol–water partition coefficient (Wildman–Crippen LogP) is 3.15. The SMILES string of the molecule is CC(C)c1c(F)cc(N(C)C)cc1F. The number of benzene rings is 1. The zero-order chi connectivity index (χ0) is 10.9. The molecule has 0 aliphatic carbocycles. The van der Waals surface area contributed by atoms with E-state index in [0.717, 1.165) is 0 Å². The van der Waals surface area contributed by atoms with Gasteiger partial charge in [-0.2, -0.15) is 0 Å². The molecular formula is C11H15F2N. The van der Waals surface area contributed by atoms with Crippen molar-refractivity contribution in [1.29, 1.82) is 0 Å². The Morgan fingerprint density at radius 2 is 1.50 bits per heavy atom. The zero-order valence-corrected chi connectivity index (χ0v) is 8.94. The third kappa shape index (κ3) is 2.03. The van der Waals surface area contributed by atoms with E-state index in [2.05, 4.69) is 0 Å². The Hall–Kier alpha value is -1.12. The van der Waals surface area contributed by atoms with Crippen LogP contribution in [0.5, 0.6) is 0 Å². The maximum atomic E-state index is 13.5. The van der Waals surface area contributed by atoms with E-state index in [0.29, 0.717) is 5.69 Å². The molecule has 78 valence electrons. The van der Waals surface area contributed by atoms with Crippen LogP contribution in [0.1, 0.15) is 25.3 Å². The van der Waals surface area contributed by atoms with Crippen LogP contribution in [0.3, 0.4) is 0 Å². The van der Waals surface area contributed by atoms with Crippen molar-refractivity contribution < 1.29 is 8.78 Å². The summed E-state index contributed by atoms with van der Waals surface area (Å²) in [6.45, 7) is 3.55. The average molecular weight is 199 g/mol. The van der Waals surface area contributed by atoms with Gasteiger partial charge in [-0.25, -0.2) is 8.78 Å². The number of anilines is 1.